The highest BCUT2D eigenvalue weighted by atomic mass is 19.4. The SMILES string of the molecule is COCCOc1nc(-c2ccc(C(F)(F)F)cc2)n(-c2ccc(NC(=O)c3cc(OC)cc(OC)c3)cc2)n1. The first kappa shape index (κ1) is 27.5. The van der Waals surface area contributed by atoms with Gasteiger partial charge in [0.15, 0.2) is 5.82 Å². The van der Waals surface area contributed by atoms with Gasteiger partial charge in [-0.1, -0.05) is 12.1 Å². The Balaban J connectivity index is 1.60. The highest BCUT2D eigenvalue weighted by Gasteiger charge is 2.30. The Kier molecular flexibility index (Phi) is 8.35. The van der Waals surface area contributed by atoms with Crippen molar-refractivity contribution in [3.8, 4) is 34.6 Å². The van der Waals surface area contributed by atoms with Crippen molar-refractivity contribution >= 4 is 11.6 Å². The van der Waals surface area contributed by atoms with E-state index in [-0.39, 0.29) is 24.3 Å². The third kappa shape index (κ3) is 6.65. The molecule has 0 fully saturated rings. The van der Waals surface area contributed by atoms with Crippen LogP contribution in [0.4, 0.5) is 18.9 Å². The topological polar surface area (TPSA) is 96.7 Å². The van der Waals surface area contributed by atoms with Gasteiger partial charge in [-0.3, -0.25) is 4.79 Å². The van der Waals surface area contributed by atoms with Crippen LogP contribution in [-0.4, -0.2) is 55.2 Å². The van der Waals surface area contributed by atoms with Gasteiger partial charge in [-0.2, -0.15) is 18.2 Å². The maximum absolute atomic E-state index is 13.0. The van der Waals surface area contributed by atoms with Crippen molar-refractivity contribution in [2.24, 2.45) is 0 Å². The number of alkyl halides is 3. The van der Waals surface area contributed by atoms with Crippen molar-refractivity contribution < 1.29 is 36.9 Å². The maximum atomic E-state index is 13.0. The lowest BCUT2D eigenvalue weighted by atomic mass is 10.1. The standard InChI is InChI=1S/C27H25F3N4O5/c1-36-12-13-39-26-32-24(17-4-6-19(7-5-17)27(28,29)30)34(33-26)21-10-8-20(9-11-21)31-25(35)18-14-22(37-2)16-23(15-18)38-3/h4-11,14-16H,12-13H2,1-3H3,(H,31,35). The zero-order chi connectivity index (χ0) is 28.0. The van der Waals surface area contributed by atoms with E-state index in [4.69, 9.17) is 18.9 Å². The maximum Gasteiger partial charge on any atom is 0.416 e. The molecule has 4 rings (SSSR count). The number of amides is 1. The zero-order valence-corrected chi connectivity index (χ0v) is 21.3. The number of anilines is 1. The molecule has 0 aliphatic rings. The predicted octanol–water partition coefficient (Wildman–Crippen LogP) is 5.25. The van der Waals surface area contributed by atoms with Crippen molar-refractivity contribution in [3.63, 3.8) is 0 Å². The molecule has 1 aromatic heterocycles. The minimum atomic E-state index is -4.46. The molecule has 0 saturated heterocycles. The molecule has 0 atom stereocenters. The molecule has 4 aromatic rings. The second-order valence-corrected chi connectivity index (χ2v) is 8.15. The van der Waals surface area contributed by atoms with E-state index in [2.05, 4.69) is 15.4 Å². The second kappa shape index (κ2) is 11.9. The second-order valence-electron chi connectivity index (χ2n) is 8.15. The molecule has 0 unspecified atom stereocenters. The number of nitrogens with one attached hydrogen (secondary N) is 1. The van der Waals surface area contributed by atoms with Crippen molar-refractivity contribution in [2.45, 2.75) is 6.18 Å². The highest BCUT2D eigenvalue weighted by Crippen LogP contribution is 2.32. The summed E-state index contributed by atoms with van der Waals surface area (Å²) in [5.41, 5.74) is 1.01. The van der Waals surface area contributed by atoms with Gasteiger partial charge in [-0.05, 0) is 48.5 Å². The molecule has 0 saturated carbocycles. The van der Waals surface area contributed by atoms with Gasteiger partial charge >= 0.3 is 12.2 Å². The summed E-state index contributed by atoms with van der Waals surface area (Å²) in [6.07, 6.45) is -4.46. The van der Waals surface area contributed by atoms with Crippen LogP contribution in [0.25, 0.3) is 17.1 Å². The van der Waals surface area contributed by atoms with Crippen molar-refractivity contribution in [1.29, 1.82) is 0 Å². The fourth-order valence-corrected chi connectivity index (χ4v) is 3.57. The Morgan fingerprint density at radius 2 is 1.54 bits per heavy atom. The summed E-state index contributed by atoms with van der Waals surface area (Å²) in [7, 11) is 4.51. The summed E-state index contributed by atoms with van der Waals surface area (Å²) in [6.45, 7) is 0.491. The summed E-state index contributed by atoms with van der Waals surface area (Å²) >= 11 is 0. The van der Waals surface area contributed by atoms with E-state index in [1.165, 1.54) is 38.1 Å². The minimum absolute atomic E-state index is 0.0336. The quantitative estimate of drug-likeness (QED) is 0.274. The molecule has 39 heavy (non-hydrogen) atoms. The fourth-order valence-electron chi connectivity index (χ4n) is 3.57. The molecular formula is C27H25F3N4O5. The first-order valence-corrected chi connectivity index (χ1v) is 11.6. The first-order valence-electron chi connectivity index (χ1n) is 11.6. The number of aromatic nitrogens is 3. The zero-order valence-electron chi connectivity index (χ0n) is 21.3. The predicted molar refractivity (Wildman–Crippen MR) is 137 cm³/mol. The van der Waals surface area contributed by atoms with Crippen LogP contribution in [0.2, 0.25) is 0 Å². The molecule has 0 bridgehead atoms. The molecule has 204 valence electrons. The van der Waals surface area contributed by atoms with Crippen molar-refractivity contribution in [1.82, 2.24) is 14.8 Å². The monoisotopic (exact) mass is 542 g/mol. The molecular weight excluding hydrogens is 517 g/mol. The van der Waals surface area contributed by atoms with Crippen LogP contribution in [0.3, 0.4) is 0 Å². The van der Waals surface area contributed by atoms with Crippen molar-refractivity contribution in [3.05, 3.63) is 77.9 Å². The van der Waals surface area contributed by atoms with Crippen LogP contribution >= 0.6 is 0 Å². The number of ether oxygens (including phenoxy) is 4. The molecule has 3 aromatic carbocycles. The van der Waals surface area contributed by atoms with E-state index < -0.39 is 11.7 Å². The molecule has 0 spiro atoms. The van der Waals surface area contributed by atoms with Gasteiger partial charge in [0.05, 0.1) is 32.1 Å². The largest absolute Gasteiger partial charge is 0.497 e. The van der Waals surface area contributed by atoms with Gasteiger partial charge in [0.25, 0.3) is 5.91 Å². The molecule has 0 aliphatic carbocycles. The Bertz CT molecular complexity index is 1400. The lowest BCUT2D eigenvalue weighted by molar-refractivity contribution is -0.137. The molecule has 1 amide bonds. The Labute approximate surface area is 222 Å². The molecule has 1 N–H and O–H groups in total. The third-order valence-corrected chi connectivity index (χ3v) is 5.56. The average Bonchev–Trinajstić information content (AvgIpc) is 3.37. The van der Waals surface area contributed by atoms with Crippen LogP contribution in [-0.2, 0) is 10.9 Å². The summed E-state index contributed by atoms with van der Waals surface area (Å²) in [5.74, 6) is 0.845. The third-order valence-electron chi connectivity index (χ3n) is 5.56. The number of carbonyl (C=O) groups is 1. The lowest BCUT2D eigenvalue weighted by Gasteiger charge is -2.11. The van der Waals surface area contributed by atoms with E-state index in [9.17, 15) is 18.0 Å². The molecule has 9 nitrogen and oxygen atoms in total. The Morgan fingerprint density at radius 1 is 0.897 bits per heavy atom. The fraction of sp³-hybridized carbons (Fsp3) is 0.222. The number of hydrogen-bond acceptors (Lipinski definition) is 7. The molecule has 12 heteroatoms. The number of benzene rings is 3. The van der Waals surface area contributed by atoms with Crippen LogP contribution in [0.1, 0.15) is 15.9 Å². The minimum Gasteiger partial charge on any atom is -0.497 e. The van der Waals surface area contributed by atoms with Gasteiger partial charge in [-0.25, -0.2) is 4.68 Å². The van der Waals surface area contributed by atoms with Gasteiger partial charge < -0.3 is 24.3 Å². The molecule has 0 aliphatic heterocycles. The van der Waals surface area contributed by atoms with Crippen LogP contribution < -0.4 is 19.5 Å². The van der Waals surface area contributed by atoms with Crippen LogP contribution in [0.15, 0.2) is 66.7 Å². The summed E-state index contributed by atoms with van der Waals surface area (Å²) in [4.78, 5) is 17.2. The van der Waals surface area contributed by atoms with Crippen LogP contribution in [0, 0.1) is 0 Å². The normalized spacial score (nSPS) is 11.2. The van der Waals surface area contributed by atoms with E-state index in [0.29, 0.717) is 40.6 Å². The number of rotatable bonds is 10. The lowest BCUT2D eigenvalue weighted by Crippen LogP contribution is -2.12. The van der Waals surface area contributed by atoms with Gasteiger partial charge in [0, 0.05) is 30.0 Å². The average molecular weight is 543 g/mol. The Hall–Kier alpha value is -4.58. The van der Waals surface area contributed by atoms with Gasteiger partial charge in [-0.15, -0.1) is 5.10 Å². The first-order chi connectivity index (χ1) is 18.7. The highest BCUT2D eigenvalue weighted by molar-refractivity contribution is 6.04. The van der Waals surface area contributed by atoms with E-state index in [0.717, 1.165) is 12.1 Å². The van der Waals surface area contributed by atoms with Gasteiger partial charge in [0.1, 0.15) is 18.1 Å². The molecule has 0 radical (unpaired) electrons. The van der Waals surface area contributed by atoms with Gasteiger partial charge in [0.2, 0.25) is 0 Å². The number of halogens is 3. The van der Waals surface area contributed by atoms with E-state index in [1.54, 1.807) is 42.5 Å². The van der Waals surface area contributed by atoms with E-state index in [1.807, 2.05) is 0 Å². The smallest absolute Gasteiger partial charge is 0.416 e. The number of carbonyl (C=O) groups excluding carboxylic acids is 1. The molecule has 1 heterocycles. The number of hydrogen-bond donors (Lipinski definition) is 1. The number of methoxy groups -OCH3 is 3. The van der Waals surface area contributed by atoms with Crippen LogP contribution in [0.5, 0.6) is 17.5 Å². The van der Waals surface area contributed by atoms with Crippen molar-refractivity contribution in [2.75, 3.05) is 39.9 Å². The number of nitrogens with zero attached hydrogens (tertiary/aromatic N) is 3. The summed E-state index contributed by atoms with van der Waals surface area (Å²) < 4.78 is 61.5. The summed E-state index contributed by atoms with van der Waals surface area (Å²) in [5, 5.41) is 7.17. The Morgan fingerprint density at radius 3 is 2.10 bits per heavy atom. The van der Waals surface area contributed by atoms with E-state index >= 15 is 0 Å². The summed E-state index contributed by atoms with van der Waals surface area (Å²) in [6, 6.07) is 16.1.